The van der Waals surface area contributed by atoms with Crippen LogP contribution >= 0.6 is 11.6 Å². The highest BCUT2D eigenvalue weighted by Crippen LogP contribution is 2.24. The molecule has 5 rings (SSSR count). The van der Waals surface area contributed by atoms with Crippen LogP contribution in [0.1, 0.15) is 30.7 Å². The van der Waals surface area contributed by atoms with Gasteiger partial charge in [-0.3, -0.25) is 14.0 Å². The Morgan fingerprint density at radius 3 is 2.71 bits per heavy atom. The van der Waals surface area contributed by atoms with Crippen LogP contribution in [0.3, 0.4) is 0 Å². The van der Waals surface area contributed by atoms with Crippen molar-refractivity contribution in [1.29, 1.82) is 0 Å². The van der Waals surface area contributed by atoms with Gasteiger partial charge < -0.3 is 15.0 Å². The molecule has 198 valence electrons. The van der Waals surface area contributed by atoms with Crippen LogP contribution in [0.5, 0.6) is 5.75 Å². The van der Waals surface area contributed by atoms with Crippen LogP contribution in [-0.2, 0) is 4.79 Å². The third-order valence-corrected chi connectivity index (χ3v) is 6.99. The SMILES string of the molecule is Cc1nc2c(OCC(=O)NCCN3CCCCC3)cccn2c(=O)c1-c1cc(C)n(-c2cccc(Cl)c2)n1. The largest absolute Gasteiger partial charge is 0.480 e. The molecule has 10 heteroatoms. The molecule has 3 aromatic heterocycles. The fraction of sp³-hybridized carbons (Fsp3) is 0.357. The van der Waals surface area contributed by atoms with Crippen molar-refractivity contribution in [2.45, 2.75) is 33.1 Å². The van der Waals surface area contributed by atoms with Crippen molar-refractivity contribution in [3.8, 4) is 22.7 Å². The summed E-state index contributed by atoms with van der Waals surface area (Å²) >= 11 is 6.16. The summed E-state index contributed by atoms with van der Waals surface area (Å²) in [6.45, 7) is 7.14. The van der Waals surface area contributed by atoms with Crippen molar-refractivity contribution in [2.24, 2.45) is 0 Å². The third kappa shape index (κ3) is 5.58. The molecule has 0 atom stereocenters. The van der Waals surface area contributed by atoms with E-state index >= 15 is 0 Å². The van der Waals surface area contributed by atoms with E-state index < -0.39 is 0 Å². The number of carbonyl (C=O) groups excluding carboxylic acids is 1. The summed E-state index contributed by atoms with van der Waals surface area (Å²) in [5.74, 6) is 0.160. The van der Waals surface area contributed by atoms with Crippen molar-refractivity contribution in [2.75, 3.05) is 32.8 Å². The summed E-state index contributed by atoms with van der Waals surface area (Å²) in [6, 6.07) is 12.6. The van der Waals surface area contributed by atoms with E-state index in [1.165, 1.54) is 23.7 Å². The highest BCUT2D eigenvalue weighted by molar-refractivity contribution is 6.30. The fourth-order valence-corrected chi connectivity index (χ4v) is 5.03. The maximum Gasteiger partial charge on any atom is 0.267 e. The van der Waals surface area contributed by atoms with Crippen LogP contribution in [0.2, 0.25) is 5.02 Å². The van der Waals surface area contributed by atoms with E-state index in [-0.39, 0.29) is 18.1 Å². The molecule has 1 aliphatic rings. The van der Waals surface area contributed by atoms with Crippen LogP contribution in [0.25, 0.3) is 22.6 Å². The number of aromatic nitrogens is 4. The Bertz CT molecular complexity index is 1520. The Kier molecular flexibility index (Phi) is 7.76. The molecule has 1 N–H and O–H groups in total. The Balaban J connectivity index is 1.34. The number of carbonyl (C=O) groups is 1. The first-order valence-electron chi connectivity index (χ1n) is 12.9. The normalized spacial score (nSPS) is 14.1. The summed E-state index contributed by atoms with van der Waals surface area (Å²) < 4.78 is 8.97. The number of amides is 1. The number of benzene rings is 1. The first-order chi connectivity index (χ1) is 18.4. The molecule has 1 amide bonds. The molecular weight excluding hydrogens is 504 g/mol. The molecule has 1 fully saturated rings. The number of hydrogen-bond donors (Lipinski definition) is 1. The molecule has 0 saturated carbocycles. The molecule has 0 radical (unpaired) electrons. The van der Waals surface area contributed by atoms with E-state index in [0.717, 1.165) is 31.0 Å². The molecular formula is C28H31ClN6O3. The first kappa shape index (κ1) is 25.9. The molecule has 4 heterocycles. The number of piperidine rings is 1. The maximum absolute atomic E-state index is 13.6. The average molecular weight is 535 g/mol. The number of ether oxygens (including phenoxy) is 1. The van der Waals surface area contributed by atoms with Crippen molar-refractivity contribution >= 4 is 23.2 Å². The minimum absolute atomic E-state index is 0.153. The molecule has 0 bridgehead atoms. The van der Waals surface area contributed by atoms with Gasteiger partial charge in [0.2, 0.25) is 0 Å². The second-order valence-corrected chi connectivity index (χ2v) is 9.98. The molecule has 1 aromatic carbocycles. The van der Waals surface area contributed by atoms with Crippen LogP contribution in [-0.4, -0.2) is 62.8 Å². The van der Waals surface area contributed by atoms with Crippen LogP contribution in [0.4, 0.5) is 0 Å². The molecule has 1 saturated heterocycles. The van der Waals surface area contributed by atoms with E-state index in [9.17, 15) is 9.59 Å². The van der Waals surface area contributed by atoms with Gasteiger partial charge in [-0.2, -0.15) is 5.10 Å². The zero-order valence-electron chi connectivity index (χ0n) is 21.6. The summed E-state index contributed by atoms with van der Waals surface area (Å²) in [7, 11) is 0. The predicted molar refractivity (Wildman–Crippen MR) is 147 cm³/mol. The third-order valence-electron chi connectivity index (χ3n) is 6.75. The number of pyridine rings is 1. The summed E-state index contributed by atoms with van der Waals surface area (Å²) in [4.78, 5) is 33.0. The number of fused-ring (bicyclic) bond motifs is 1. The molecule has 0 unspecified atom stereocenters. The minimum atomic E-state index is -0.264. The van der Waals surface area contributed by atoms with E-state index in [4.69, 9.17) is 16.3 Å². The number of rotatable bonds is 8. The van der Waals surface area contributed by atoms with Gasteiger partial charge in [0.05, 0.1) is 16.9 Å². The fourth-order valence-electron chi connectivity index (χ4n) is 4.85. The highest BCUT2D eigenvalue weighted by atomic mass is 35.5. The van der Waals surface area contributed by atoms with Crippen LogP contribution < -0.4 is 15.6 Å². The average Bonchev–Trinajstić information content (AvgIpc) is 3.29. The van der Waals surface area contributed by atoms with Crippen molar-refractivity contribution in [3.05, 3.63) is 75.4 Å². The second-order valence-electron chi connectivity index (χ2n) is 9.55. The topological polar surface area (TPSA) is 93.8 Å². The monoisotopic (exact) mass is 534 g/mol. The van der Waals surface area contributed by atoms with Gasteiger partial charge in [0.25, 0.3) is 11.5 Å². The van der Waals surface area contributed by atoms with Gasteiger partial charge in [-0.05, 0) is 76.2 Å². The van der Waals surface area contributed by atoms with Crippen molar-refractivity contribution < 1.29 is 9.53 Å². The standard InChI is InChI=1S/C28H31ClN6O3/c1-19-16-23(32-35(19)22-9-6-8-21(29)17-22)26-20(2)31-27-24(10-7-14-34(27)28(26)37)38-18-25(36)30-11-15-33-12-4-3-5-13-33/h6-10,14,16-17H,3-5,11-13,15,18H2,1-2H3,(H,30,36). The Labute approximate surface area is 226 Å². The Morgan fingerprint density at radius 1 is 1.11 bits per heavy atom. The molecule has 0 aliphatic carbocycles. The van der Waals surface area contributed by atoms with Gasteiger partial charge in [0, 0.05) is 30.0 Å². The molecule has 0 spiro atoms. The number of nitrogens with one attached hydrogen (secondary N) is 1. The zero-order valence-corrected chi connectivity index (χ0v) is 22.4. The number of halogens is 1. The lowest BCUT2D eigenvalue weighted by Crippen LogP contribution is -2.39. The van der Waals surface area contributed by atoms with Gasteiger partial charge in [0.15, 0.2) is 18.0 Å². The molecule has 38 heavy (non-hydrogen) atoms. The summed E-state index contributed by atoms with van der Waals surface area (Å²) in [6.07, 6.45) is 5.36. The van der Waals surface area contributed by atoms with Crippen LogP contribution in [0.15, 0.2) is 53.5 Å². The molecule has 4 aromatic rings. The lowest BCUT2D eigenvalue weighted by atomic mass is 10.1. The summed E-state index contributed by atoms with van der Waals surface area (Å²) in [5, 5.41) is 8.20. The zero-order chi connectivity index (χ0) is 26.6. The van der Waals surface area contributed by atoms with E-state index in [1.54, 1.807) is 36.0 Å². The van der Waals surface area contributed by atoms with E-state index in [1.807, 2.05) is 31.2 Å². The first-order valence-corrected chi connectivity index (χ1v) is 13.3. The predicted octanol–water partition coefficient (Wildman–Crippen LogP) is 3.80. The second kappa shape index (κ2) is 11.4. The highest BCUT2D eigenvalue weighted by Gasteiger charge is 2.19. The molecule has 1 aliphatic heterocycles. The van der Waals surface area contributed by atoms with Gasteiger partial charge in [-0.1, -0.05) is 24.1 Å². The molecule has 9 nitrogen and oxygen atoms in total. The van der Waals surface area contributed by atoms with E-state index in [2.05, 4.69) is 20.3 Å². The number of nitrogens with zero attached hydrogens (tertiary/aromatic N) is 5. The van der Waals surface area contributed by atoms with Gasteiger partial charge in [0.1, 0.15) is 5.69 Å². The smallest absolute Gasteiger partial charge is 0.267 e. The number of hydrogen-bond acceptors (Lipinski definition) is 6. The van der Waals surface area contributed by atoms with Gasteiger partial charge in [-0.15, -0.1) is 0 Å². The number of aryl methyl sites for hydroxylation is 2. The number of likely N-dealkylation sites (tertiary alicyclic amines) is 1. The maximum atomic E-state index is 13.6. The minimum Gasteiger partial charge on any atom is -0.480 e. The quantitative estimate of drug-likeness (QED) is 0.369. The van der Waals surface area contributed by atoms with Gasteiger partial charge >= 0.3 is 0 Å². The Hall–Kier alpha value is -3.69. The lowest BCUT2D eigenvalue weighted by molar-refractivity contribution is -0.123. The van der Waals surface area contributed by atoms with E-state index in [0.29, 0.717) is 39.9 Å². The summed E-state index contributed by atoms with van der Waals surface area (Å²) in [5.41, 5.74) is 3.19. The lowest BCUT2D eigenvalue weighted by Gasteiger charge is -2.26. The van der Waals surface area contributed by atoms with Crippen molar-refractivity contribution in [1.82, 2.24) is 29.4 Å². The Morgan fingerprint density at radius 2 is 1.92 bits per heavy atom. The van der Waals surface area contributed by atoms with Gasteiger partial charge in [-0.25, -0.2) is 9.67 Å². The van der Waals surface area contributed by atoms with Crippen LogP contribution in [0, 0.1) is 13.8 Å². The van der Waals surface area contributed by atoms with Crippen molar-refractivity contribution in [3.63, 3.8) is 0 Å².